The molecule has 2 aliphatic carbocycles. The summed E-state index contributed by atoms with van der Waals surface area (Å²) in [4.78, 5) is 40.7. The van der Waals surface area contributed by atoms with E-state index in [0.29, 0.717) is 5.56 Å². The second-order valence-corrected chi connectivity index (χ2v) is 8.07. The minimum absolute atomic E-state index is 0.0461. The SMILES string of the molecule is CC1(C(=O)Oc2ccc(C[C@H](N=NN)C(=O)ON)cc2OC(=O)C2(C)CC2)CC1. The number of hydrogen-bond acceptors (Lipinski definition) is 9. The molecule has 1 aromatic rings. The first-order valence-electron chi connectivity index (χ1n) is 9.29. The van der Waals surface area contributed by atoms with Gasteiger partial charge in [-0.2, -0.15) is 11.0 Å². The summed E-state index contributed by atoms with van der Waals surface area (Å²) in [6.07, 6.45) is 3.03. The van der Waals surface area contributed by atoms with Gasteiger partial charge in [-0.15, -0.1) is 0 Å². The van der Waals surface area contributed by atoms with Gasteiger partial charge in [0.2, 0.25) is 0 Å². The molecule has 1 atom stereocenters. The monoisotopic (exact) mass is 404 g/mol. The van der Waals surface area contributed by atoms with Crippen LogP contribution in [0, 0.1) is 10.8 Å². The lowest BCUT2D eigenvalue weighted by atomic mass is 10.1. The van der Waals surface area contributed by atoms with Gasteiger partial charge in [0.05, 0.1) is 10.8 Å². The van der Waals surface area contributed by atoms with E-state index >= 15 is 0 Å². The predicted molar refractivity (Wildman–Crippen MR) is 99.2 cm³/mol. The highest BCUT2D eigenvalue weighted by molar-refractivity contribution is 5.84. The molecular weight excluding hydrogens is 380 g/mol. The maximum Gasteiger partial charge on any atom is 0.351 e. The average Bonchev–Trinajstić information content (AvgIpc) is 3.61. The van der Waals surface area contributed by atoms with Crippen LogP contribution in [0.4, 0.5) is 0 Å². The Morgan fingerprint density at radius 3 is 2.07 bits per heavy atom. The summed E-state index contributed by atoms with van der Waals surface area (Å²) >= 11 is 0. The molecule has 10 heteroatoms. The molecule has 10 nitrogen and oxygen atoms in total. The van der Waals surface area contributed by atoms with Crippen LogP contribution in [-0.2, 0) is 25.6 Å². The zero-order valence-corrected chi connectivity index (χ0v) is 16.3. The first-order valence-corrected chi connectivity index (χ1v) is 9.29. The molecule has 156 valence electrons. The highest BCUT2D eigenvalue weighted by Crippen LogP contribution is 2.48. The third-order valence-electron chi connectivity index (χ3n) is 5.42. The summed E-state index contributed by atoms with van der Waals surface area (Å²) in [5.41, 5.74) is -0.465. The largest absolute Gasteiger partial charge is 0.422 e. The Morgan fingerprint density at radius 2 is 1.59 bits per heavy atom. The van der Waals surface area contributed by atoms with E-state index in [0.717, 1.165) is 25.7 Å². The standard InChI is InChI=1S/C19H24N4O6/c1-18(5-6-18)16(25)27-13-4-3-11(9-12(22-23-20)15(24)29-21)10-14(13)28-17(26)19(2)7-8-19/h3-4,10,12H,5-9,21H2,1-2H3,(H2,20,22)/t12-/m0/s1. The smallest absolute Gasteiger partial charge is 0.351 e. The molecule has 0 amide bonds. The van der Waals surface area contributed by atoms with E-state index in [2.05, 4.69) is 15.2 Å². The average molecular weight is 404 g/mol. The Labute approximate surface area is 167 Å². The van der Waals surface area contributed by atoms with Gasteiger partial charge in [-0.25, -0.2) is 4.79 Å². The molecule has 1 aromatic carbocycles. The lowest BCUT2D eigenvalue weighted by Gasteiger charge is -2.16. The van der Waals surface area contributed by atoms with Crippen LogP contribution in [0.1, 0.15) is 45.1 Å². The third-order valence-corrected chi connectivity index (χ3v) is 5.42. The number of nitrogens with zero attached hydrogens (tertiary/aromatic N) is 2. The zero-order chi connectivity index (χ0) is 21.2. The summed E-state index contributed by atoms with van der Waals surface area (Å²) in [7, 11) is 0. The third kappa shape index (κ3) is 4.70. The van der Waals surface area contributed by atoms with Crippen LogP contribution < -0.4 is 21.2 Å². The van der Waals surface area contributed by atoms with E-state index in [9.17, 15) is 14.4 Å². The highest BCUT2D eigenvalue weighted by Gasteiger charge is 2.48. The van der Waals surface area contributed by atoms with Crippen LogP contribution in [-0.4, -0.2) is 23.9 Å². The molecule has 0 radical (unpaired) electrons. The van der Waals surface area contributed by atoms with Gasteiger partial charge in [-0.3, -0.25) is 9.59 Å². The van der Waals surface area contributed by atoms with Gasteiger partial charge in [0, 0.05) is 6.42 Å². The Morgan fingerprint density at radius 1 is 1.03 bits per heavy atom. The van der Waals surface area contributed by atoms with E-state index in [4.69, 9.17) is 21.2 Å². The minimum atomic E-state index is -1.06. The van der Waals surface area contributed by atoms with Gasteiger partial charge >= 0.3 is 17.9 Å². The van der Waals surface area contributed by atoms with Crippen molar-refractivity contribution < 1.29 is 28.7 Å². The minimum Gasteiger partial charge on any atom is -0.422 e. The second kappa shape index (κ2) is 7.78. The lowest BCUT2D eigenvalue weighted by molar-refractivity contribution is -0.146. The highest BCUT2D eigenvalue weighted by atomic mass is 16.7. The number of carbonyl (C=O) groups excluding carboxylic acids is 3. The predicted octanol–water partition coefficient (Wildman–Crippen LogP) is 1.75. The van der Waals surface area contributed by atoms with E-state index in [1.807, 2.05) is 13.8 Å². The van der Waals surface area contributed by atoms with Gasteiger partial charge in [-0.1, -0.05) is 11.3 Å². The zero-order valence-electron chi connectivity index (χ0n) is 16.3. The first-order chi connectivity index (χ1) is 13.7. The van der Waals surface area contributed by atoms with Crippen molar-refractivity contribution in [1.29, 1.82) is 0 Å². The lowest BCUT2D eigenvalue weighted by Crippen LogP contribution is -2.26. The summed E-state index contributed by atoms with van der Waals surface area (Å²) in [5.74, 6) is 8.60. The Balaban J connectivity index is 1.85. The van der Waals surface area contributed by atoms with E-state index in [1.54, 1.807) is 6.07 Å². The maximum atomic E-state index is 12.4. The normalized spacial score (nSPS) is 19.3. The van der Waals surface area contributed by atoms with Crippen LogP contribution in [0.3, 0.4) is 0 Å². The summed E-state index contributed by atoms with van der Waals surface area (Å²) in [5, 5.41) is 6.71. The fourth-order valence-electron chi connectivity index (χ4n) is 2.63. The fourth-order valence-corrected chi connectivity index (χ4v) is 2.63. The second-order valence-electron chi connectivity index (χ2n) is 8.07. The van der Waals surface area contributed by atoms with Gasteiger partial charge in [0.25, 0.3) is 0 Å². The van der Waals surface area contributed by atoms with Crippen LogP contribution in [0.2, 0.25) is 0 Å². The van der Waals surface area contributed by atoms with E-state index in [-0.39, 0.29) is 23.9 Å². The number of hydrogen-bond donors (Lipinski definition) is 2. The summed E-state index contributed by atoms with van der Waals surface area (Å²) < 4.78 is 11.0. The van der Waals surface area contributed by atoms with Crippen molar-refractivity contribution in [2.75, 3.05) is 0 Å². The van der Waals surface area contributed by atoms with E-state index in [1.165, 1.54) is 12.1 Å². The molecule has 0 heterocycles. The number of rotatable bonds is 8. The molecule has 0 aliphatic heterocycles. The number of nitrogens with two attached hydrogens (primary N) is 2. The van der Waals surface area contributed by atoms with Crippen LogP contribution in [0.25, 0.3) is 0 Å². The molecule has 4 N–H and O–H groups in total. The molecule has 0 saturated heterocycles. The topological polar surface area (TPSA) is 156 Å². The van der Waals surface area contributed by atoms with Crippen LogP contribution in [0.15, 0.2) is 28.5 Å². The van der Waals surface area contributed by atoms with Crippen LogP contribution in [0.5, 0.6) is 11.5 Å². The van der Waals surface area contributed by atoms with Crippen molar-refractivity contribution in [3.63, 3.8) is 0 Å². The molecule has 2 fully saturated rings. The Kier molecular flexibility index (Phi) is 5.56. The van der Waals surface area contributed by atoms with Gasteiger partial charge in [-0.05, 0) is 57.2 Å². The van der Waals surface area contributed by atoms with Crippen molar-refractivity contribution in [2.45, 2.75) is 52.0 Å². The molecule has 0 bridgehead atoms. The molecule has 3 rings (SSSR count). The first kappa shape index (κ1) is 20.7. The molecule has 29 heavy (non-hydrogen) atoms. The molecule has 0 unspecified atom stereocenters. The quantitative estimate of drug-likeness (QED) is 0.218. The van der Waals surface area contributed by atoms with Crippen molar-refractivity contribution in [3.05, 3.63) is 23.8 Å². The summed E-state index contributed by atoms with van der Waals surface area (Å²) in [6.45, 7) is 3.63. The molecule has 0 aromatic heterocycles. The Hall–Kier alpha value is -3.01. The van der Waals surface area contributed by atoms with Crippen molar-refractivity contribution in [3.8, 4) is 11.5 Å². The van der Waals surface area contributed by atoms with Gasteiger partial charge in [0.15, 0.2) is 17.5 Å². The maximum absolute atomic E-state index is 12.4. The van der Waals surface area contributed by atoms with Gasteiger partial charge < -0.3 is 20.2 Å². The number of carbonyl (C=O) groups is 3. The summed E-state index contributed by atoms with van der Waals surface area (Å²) in [6, 6.07) is 3.59. The van der Waals surface area contributed by atoms with Crippen LogP contribution >= 0.6 is 0 Å². The van der Waals surface area contributed by atoms with Gasteiger partial charge in [0.1, 0.15) is 0 Å². The van der Waals surface area contributed by atoms with E-state index < -0.39 is 28.8 Å². The number of ether oxygens (including phenoxy) is 2. The molecule has 2 aliphatic rings. The Bertz CT molecular complexity index is 860. The van der Waals surface area contributed by atoms with Crippen molar-refractivity contribution >= 4 is 17.9 Å². The van der Waals surface area contributed by atoms with Crippen molar-refractivity contribution in [2.24, 2.45) is 32.9 Å². The van der Waals surface area contributed by atoms with Crippen molar-refractivity contribution in [1.82, 2.24) is 0 Å². The molecular formula is C19H24N4O6. The number of benzene rings is 1. The molecule has 2 saturated carbocycles. The molecule has 0 spiro atoms. The fraction of sp³-hybridized carbons (Fsp3) is 0.526. The number of esters is 2.